The molecule has 0 bridgehead atoms. The first-order valence-electron chi connectivity index (χ1n) is 12.1. The molecular weight excluding hydrogens is 520 g/mol. The maximum Gasteiger partial charge on any atom is 0.205 e. The predicted octanol–water partition coefficient (Wildman–Crippen LogP) is 7.61. The van der Waals surface area contributed by atoms with Gasteiger partial charge in [-0.1, -0.05) is 143 Å². The zero-order valence-electron chi connectivity index (χ0n) is 19.9. The van der Waals surface area contributed by atoms with Gasteiger partial charge in [0.25, 0.3) is 0 Å². The largest absolute Gasteiger partial charge is 0.205 e. The van der Waals surface area contributed by atoms with E-state index < -0.39 is 5.54 Å². The van der Waals surface area contributed by atoms with Gasteiger partial charge in [0.2, 0.25) is 5.82 Å². The summed E-state index contributed by atoms with van der Waals surface area (Å²) in [6, 6.07) is 47.6. The van der Waals surface area contributed by atoms with Gasteiger partial charge in [-0.3, -0.25) is 0 Å². The van der Waals surface area contributed by atoms with Gasteiger partial charge >= 0.3 is 0 Å². The molecule has 0 unspecified atom stereocenters. The molecule has 0 aliphatic rings. The monoisotopic (exact) mass is 542 g/mol. The van der Waals surface area contributed by atoms with E-state index in [-0.39, 0.29) is 0 Å². The molecule has 37 heavy (non-hydrogen) atoms. The van der Waals surface area contributed by atoms with Gasteiger partial charge in [-0.05, 0) is 45.2 Å². The Morgan fingerprint density at radius 3 is 1.49 bits per heavy atom. The number of tetrazole rings is 1. The van der Waals surface area contributed by atoms with Crippen LogP contribution in [0.2, 0.25) is 0 Å². The van der Waals surface area contributed by atoms with Crippen LogP contribution in [0.1, 0.15) is 16.7 Å². The molecule has 1 aromatic heterocycles. The highest BCUT2D eigenvalue weighted by atomic mass is 79.9. The van der Waals surface area contributed by atoms with Gasteiger partial charge in [-0.2, -0.15) is 0 Å². The normalized spacial score (nSPS) is 11.4. The van der Waals surface area contributed by atoms with Crippen LogP contribution in [0, 0.1) is 0 Å². The summed E-state index contributed by atoms with van der Waals surface area (Å²) in [5, 5.41) is 14.4. The molecule has 0 amide bonds. The summed E-state index contributed by atoms with van der Waals surface area (Å²) in [6.07, 6.45) is 0. The number of nitrogens with zero attached hydrogens (tertiary/aromatic N) is 4. The molecule has 0 saturated heterocycles. The zero-order chi connectivity index (χ0) is 25.1. The van der Waals surface area contributed by atoms with Gasteiger partial charge < -0.3 is 0 Å². The van der Waals surface area contributed by atoms with Gasteiger partial charge in [0.1, 0.15) is 0 Å². The highest BCUT2D eigenvalue weighted by molar-refractivity contribution is 9.10. The van der Waals surface area contributed by atoms with E-state index in [1.165, 1.54) is 0 Å². The third-order valence-electron chi connectivity index (χ3n) is 6.61. The molecule has 4 nitrogen and oxygen atoms in total. The molecule has 6 rings (SSSR count). The Bertz CT molecular complexity index is 1520. The number of benzene rings is 5. The lowest BCUT2D eigenvalue weighted by atomic mass is 9.77. The lowest BCUT2D eigenvalue weighted by Crippen LogP contribution is -2.39. The van der Waals surface area contributed by atoms with Crippen molar-refractivity contribution in [3.8, 4) is 22.5 Å². The predicted molar refractivity (Wildman–Crippen MR) is 151 cm³/mol. The highest BCUT2D eigenvalue weighted by Gasteiger charge is 2.41. The van der Waals surface area contributed by atoms with Gasteiger partial charge in [-0.25, -0.2) is 0 Å². The first-order chi connectivity index (χ1) is 18.3. The molecule has 0 fully saturated rings. The summed E-state index contributed by atoms with van der Waals surface area (Å²) >= 11 is 3.54. The molecule has 0 radical (unpaired) electrons. The lowest BCUT2D eigenvalue weighted by molar-refractivity contribution is 0.396. The molecule has 0 aliphatic carbocycles. The second-order valence-electron chi connectivity index (χ2n) is 8.76. The molecule has 0 saturated carbocycles. The summed E-state index contributed by atoms with van der Waals surface area (Å²) in [5.41, 5.74) is 5.43. The molecule has 0 spiro atoms. The summed E-state index contributed by atoms with van der Waals surface area (Å²) in [7, 11) is 0. The fourth-order valence-corrected chi connectivity index (χ4v) is 5.17. The molecule has 0 N–H and O–H groups in total. The van der Waals surface area contributed by atoms with Gasteiger partial charge in [-0.15, -0.1) is 15.0 Å². The fraction of sp³-hybridized carbons (Fsp3) is 0.0312. The second-order valence-corrected chi connectivity index (χ2v) is 9.68. The van der Waals surface area contributed by atoms with E-state index in [9.17, 15) is 0 Å². The van der Waals surface area contributed by atoms with Gasteiger partial charge in [0.15, 0.2) is 5.54 Å². The minimum Gasteiger partial charge on any atom is -0.144 e. The van der Waals surface area contributed by atoms with Crippen LogP contribution in [0.5, 0.6) is 0 Å². The summed E-state index contributed by atoms with van der Waals surface area (Å²) in [6.45, 7) is 0. The maximum absolute atomic E-state index is 5.07. The molecule has 0 aliphatic heterocycles. The van der Waals surface area contributed by atoms with E-state index >= 15 is 0 Å². The topological polar surface area (TPSA) is 43.6 Å². The maximum atomic E-state index is 5.07. The summed E-state index contributed by atoms with van der Waals surface area (Å²) in [4.78, 5) is 1.76. The molecule has 5 aromatic carbocycles. The van der Waals surface area contributed by atoms with Crippen LogP contribution in [-0.2, 0) is 5.54 Å². The van der Waals surface area contributed by atoms with Crippen molar-refractivity contribution in [1.82, 2.24) is 20.2 Å². The number of hydrogen-bond acceptors (Lipinski definition) is 3. The summed E-state index contributed by atoms with van der Waals surface area (Å²) < 4.78 is 1.04. The third kappa shape index (κ3) is 4.17. The number of halogens is 1. The molecule has 0 atom stereocenters. The van der Waals surface area contributed by atoms with E-state index in [0.29, 0.717) is 5.82 Å². The quantitative estimate of drug-likeness (QED) is 0.203. The van der Waals surface area contributed by atoms with Crippen molar-refractivity contribution < 1.29 is 0 Å². The van der Waals surface area contributed by atoms with Gasteiger partial charge in [0, 0.05) is 10.0 Å². The highest BCUT2D eigenvalue weighted by Crippen LogP contribution is 2.40. The van der Waals surface area contributed by atoms with Crippen LogP contribution in [0.25, 0.3) is 22.5 Å². The number of hydrogen-bond donors (Lipinski definition) is 0. The van der Waals surface area contributed by atoms with Crippen LogP contribution >= 0.6 is 15.9 Å². The van der Waals surface area contributed by atoms with Crippen molar-refractivity contribution in [3.63, 3.8) is 0 Å². The minimum absolute atomic E-state index is 0.575. The van der Waals surface area contributed by atoms with E-state index in [4.69, 9.17) is 10.3 Å². The number of rotatable bonds is 6. The molecule has 6 aromatic rings. The van der Waals surface area contributed by atoms with Crippen molar-refractivity contribution in [2.75, 3.05) is 0 Å². The molecular formula is C32H23BrN4. The van der Waals surface area contributed by atoms with Crippen molar-refractivity contribution in [2.24, 2.45) is 0 Å². The lowest BCUT2D eigenvalue weighted by Gasteiger charge is -2.34. The number of aromatic nitrogens is 4. The minimum atomic E-state index is -0.804. The van der Waals surface area contributed by atoms with Crippen molar-refractivity contribution in [1.29, 1.82) is 0 Å². The SMILES string of the molecule is Brc1ccc(-c2ccccc2-c2nnn(C(c3ccccc3)(c3ccccc3)c3ccccc3)n2)cc1. The van der Waals surface area contributed by atoms with Crippen molar-refractivity contribution >= 4 is 15.9 Å². The Balaban J connectivity index is 1.59. The molecule has 178 valence electrons. The molecule has 5 heteroatoms. The Morgan fingerprint density at radius 1 is 0.514 bits per heavy atom. The van der Waals surface area contributed by atoms with E-state index in [1.54, 1.807) is 4.80 Å². The standard InChI is InChI=1S/C32H23BrN4/c33-28-22-20-24(21-23-28)29-18-10-11-19-30(29)31-34-36-37(35-31)32(25-12-4-1-5-13-25,26-14-6-2-7-15-26)27-16-8-3-9-17-27/h1-23H. The van der Waals surface area contributed by atoms with Crippen molar-refractivity contribution in [2.45, 2.75) is 5.54 Å². The van der Waals surface area contributed by atoms with Gasteiger partial charge in [0.05, 0.1) is 0 Å². The van der Waals surface area contributed by atoms with Crippen molar-refractivity contribution in [3.05, 3.63) is 161 Å². The van der Waals surface area contributed by atoms with E-state index in [2.05, 4.69) is 112 Å². The van der Waals surface area contributed by atoms with Crippen LogP contribution in [-0.4, -0.2) is 20.2 Å². The van der Waals surface area contributed by atoms with Crippen LogP contribution in [0.15, 0.2) is 144 Å². The third-order valence-corrected chi connectivity index (χ3v) is 7.14. The van der Waals surface area contributed by atoms with Crippen LogP contribution in [0.4, 0.5) is 0 Å². The van der Waals surface area contributed by atoms with Crippen LogP contribution < -0.4 is 0 Å². The smallest absolute Gasteiger partial charge is 0.144 e. The Hall–Kier alpha value is -4.35. The Morgan fingerprint density at radius 2 is 0.973 bits per heavy atom. The Labute approximate surface area is 224 Å². The van der Waals surface area contributed by atoms with E-state index in [1.807, 2.05) is 48.5 Å². The molecule has 1 heterocycles. The second kappa shape index (κ2) is 9.96. The Kier molecular flexibility index (Phi) is 6.21. The average molecular weight is 543 g/mol. The zero-order valence-corrected chi connectivity index (χ0v) is 21.5. The first-order valence-corrected chi connectivity index (χ1v) is 12.9. The summed E-state index contributed by atoms with van der Waals surface area (Å²) in [5.74, 6) is 0.575. The average Bonchev–Trinajstić information content (AvgIpc) is 3.46. The fourth-order valence-electron chi connectivity index (χ4n) is 4.91. The van der Waals surface area contributed by atoms with E-state index in [0.717, 1.165) is 37.9 Å². The van der Waals surface area contributed by atoms with Crippen LogP contribution in [0.3, 0.4) is 0 Å². The first kappa shape index (κ1) is 23.1.